The van der Waals surface area contributed by atoms with E-state index in [1.165, 1.54) is 0 Å². The average Bonchev–Trinajstić information content (AvgIpc) is 2.58. The predicted molar refractivity (Wildman–Crippen MR) is 59.1 cm³/mol. The van der Waals surface area contributed by atoms with Crippen LogP contribution in [0.3, 0.4) is 0 Å². The van der Waals surface area contributed by atoms with Crippen molar-refractivity contribution in [2.24, 2.45) is 5.92 Å². The molecule has 1 aromatic carbocycles. The first-order chi connectivity index (χ1) is 7.08. The molecule has 2 atom stereocenters. The fourth-order valence-corrected chi connectivity index (χ4v) is 2.09. The molecule has 0 amide bonds. The summed E-state index contributed by atoms with van der Waals surface area (Å²) in [6, 6.07) is 5.74. The molecule has 1 aliphatic rings. The largest absolute Gasteiger partial charge is 0.489 e. The van der Waals surface area contributed by atoms with E-state index in [1.807, 2.05) is 18.2 Å². The highest BCUT2D eigenvalue weighted by Gasteiger charge is 2.31. The first-order valence-electron chi connectivity index (χ1n) is 4.76. The molecule has 0 bridgehead atoms. The Morgan fingerprint density at radius 1 is 1.67 bits per heavy atom. The van der Waals surface area contributed by atoms with Gasteiger partial charge in [-0.1, -0.05) is 15.9 Å². The highest BCUT2D eigenvalue weighted by molar-refractivity contribution is 9.10. The second-order valence-corrected chi connectivity index (χ2v) is 4.66. The monoisotopic (exact) mass is 270 g/mol. The average molecular weight is 271 g/mol. The number of halogens is 1. The van der Waals surface area contributed by atoms with Crippen molar-refractivity contribution in [1.82, 2.24) is 0 Å². The zero-order valence-electron chi connectivity index (χ0n) is 8.24. The van der Waals surface area contributed by atoms with Crippen LogP contribution in [0.15, 0.2) is 22.7 Å². The second-order valence-electron chi connectivity index (χ2n) is 3.74. The molecule has 3 nitrogen and oxygen atoms in total. The molecule has 80 valence electrons. The van der Waals surface area contributed by atoms with Crippen LogP contribution in [0.2, 0.25) is 0 Å². The minimum atomic E-state index is -0.813. The maximum Gasteiger partial charge on any atom is 0.309 e. The summed E-state index contributed by atoms with van der Waals surface area (Å²) in [5.74, 6) is -0.487. The van der Waals surface area contributed by atoms with Gasteiger partial charge in [-0.2, -0.15) is 0 Å². The third-order valence-electron chi connectivity index (χ3n) is 2.67. The summed E-state index contributed by atoms with van der Waals surface area (Å²) in [5, 5.41) is 8.89. The van der Waals surface area contributed by atoms with Gasteiger partial charge < -0.3 is 9.84 Å². The lowest BCUT2D eigenvalue weighted by molar-refractivity contribution is -0.143. The van der Waals surface area contributed by atoms with Crippen LogP contribution >= 0.6 is 15.9 Å². The van der Waals surface area contributed by atoms with Crippen molar-refractivity contribution in [2.75, 3.05) is 0 Å². The first kappa shape index (κ1) is 10.5. The molecule has 4 heteroatoms. The molecule has 0 spiro atoms. The van der Waals surface area contributed by atoms with Gasteiger partial charge in [0.2, 0.25) is 0 Å². The Morgan fingerprint density at radius 3 is 3.07 bits per heavy atom. The molecule has 0 fully saturated rings. The van der Waals surface area contributed by atoms with Gasteiger partial charge in [-0.25, -0.2) is 0 Å². The molecule has 0 aliphatic carbocycles. The SMILES string of the molecule is CC(C(=O)O)C1Cc2cc(Br)ccc2O1. The summed E-state index contributed by atoms with van der Waals surface area (Å²) in [6.45, 7) is 1.67. The van der Waals surface area contributed by atoms with Gasteiger partial charge in [0.1, 0.15) is 11.9 Å². The number of hydrogen-bond donors (Lipinski definition) is 1. The highest BCUT2D eigenvalue weighted by Crippen LogP contribution is 2.33. The molecular weight excluding hydrogens is 260 g/mol. The van der Waals surface area contributed by atoms with Gasteiger partial charge in [-0.05, 0) is 30.7 Å². The number of carboxylic acid groups (broad SMARTS) is 1. The first-order valence-corrected chi connectivity index (χ1v) is 5.55. The van der Waals surface area contributed by atoms with Crippen molar-refractivity contribution in [2.45, 2.75) is 19.4 Å². The number of benzene rings is 1. The zero-order chi connectivity index (χ0) is 11.0. The Balaban J connectivity index is 2.19. The van der Waals surface area contributed by atoms with E-state index < -0.39 is 11.9 Å². The summed E-state index contributed by atoms with van der Waals surface area (Å²) < 4.78 is 6.58. The summed E-state index contributed by atoms with van der Waals surface area (Å²) in [7, 11) is 0. The zero-order valence-corrected chi connectivity index (χ0v) is 9.82. The summed E-state index contributed by atoms with van der Waals surface area (Å²) in [4.78, 5) is 10.8. The quantitative estimate of drug-likeness (QED) is 0.898. The van der Waals surface area contributed by atoms with Crippen molar-refractivity contribution >= 4 is 21.9 Å². The molecule has 0 aromatic heterocycles. The standard InChI is InChI=1S/C11H11BrO3/c1-6(11(13)14)10-5-7-4-8(12)2-3-9(7)15-10/h2-4,6,10H,5H2,1H3,(H,13,14). The number of aliphatic carboxylic acids is 1. The smallest absolute Gasteiger partial charge is 0.309 e. The number of fused-ring (bicyclic) bond motifs is 1. The van der Waals surface area contributed by atoms with Crippen LogP contribution < -0.4 is 4.74 Å². The van der Waals surface area contributed by atoms with Gasteiger partial charge >= 0.3 is 5.97 Å². The van der Waals surface area contributed by atoms with Gasteiger partial charge in [-0.3, -0.25) is 4.79 Å². The Hall–Kier alpha value is -1.03. The Labute approximate surface area is 96.2 Å². The van der Waals surface area contributed by atoms with Crippen LogP contribution in [0, 0.1) is 5.92 Å². The van der Waals surface area contributed by atoms with Gasteiger partial charge in [-0.15, -0.1) is 0 Å². The van der Waals surface area contributed by atoms with Crippen molar-refractivity contribution in [3.05, 3.63) is 28.2 Å². The molecule has 0 saturated carbocycles. The van der Waals surface area contributed by atoms with Crippen molar-refractivity contribution in [1.29, 1.82) is 0 Å². The number of ether oxygens (including phenoxy) is 1. The van der Waals surface area contributed by atoms with E-state index in [-0.39, 0.29) is 6.10 Å². The third kappa shape index (κ3) is 2.00. The molecule has 1 heterocycles. The van der Waals surface area contributed by atoms with E-state index in [2.05, 4.69) is 15.9 Å². The van der Waals surface area contributed by atoms with E-state index in [0.717, 1.165) is 15.8 Å². The Kier molecular flexibility index (Phi) is 2.69. The predicted octanol–water partition coefficient (Wildman–Crippen LogP) is 2.47. The van der Waals surface area contributed by atoms with Crippen LogP contribution in [0.1, 0.15) is 12.5 Å². The maximum absolute atomic E-state index is 10.8. The van der Waals surface area contributed by atoms with Gasteiger partial charge in [0.25, 0.3) is 0 Å². The van der Waals surface area contributed by atoms with Crippen LogP contribution in [-0.4, -0.2) is 17.2 Å². The Bertz CT molecular complexity index is 403. The normalized spacial score (nSPS) is 20.5. The summed E-state index contributed by atoms with van der Waals surface area (Å²) in [6.07, 6.45) is 0.425. The summed E-state index contributed by atoms with van der Waals surface area (Å²) >= 11 is 3.38. The third-order valence-corrected chi connectivity index (χ3v) is 3.16. The molecule has 1 N–H and O–H groups in total. The number of hydrogen-bond acceptors (Lipinski definition) is 2. The molecular formula is C11H11BrO3. The van der Waals surface area contributed by atoms with Crippen molar-refractivity contribution in [3.63, 3.8) is 0 Å². The minimum absolute atomic E-state index is 0.244. The molecule has 1 aromatic rings. The fraction of sp³-hybridized carbons (Fsp3) is 0.364. The minimum Gasteiger partial charge on any atom is -0.489 e. The fourth-order valence-electron chi connectivity index (χ4n) is 1.68. The van der Waals surface area contributed by atoms with E-state index in [0.29, 0.717) is 6.42 Å². The van der Waals surface area contributed by atoms with E-state index in [1.54, 1.807) is 6.92 Å². The number of carboxylic acids is 1. The molecule has 15 heavy (non-hydrogen) atoms. The molecule has 2 unspecified atom stereocenters. The van der Waals surface area contributed by atoms with Gasteiger partial charge in [0.05, 0.1) is 5.92 Å². The highest BCUT2D eigenvalue weighted by atomic mass is 79.9. The summed E-state index contributed by atoms with van der Waals surface area (Å²) in [5.41, 5.74) is 1.07. The van der Waals surface area contributed by atoms with E-state index >= 15 is 0 Å². The number of rotatable bonds is 2. The van der Waals surface area contributed by atoms with Crippen LogP contribution in [-0.2, 0) is 11.2 Å². The van der Waals surface area contributed by atoms with E-state index in [9.17, 15) is 4.79 Å². The lowest BCUT2D eigenvalue weighted by atomic mass is 10.0. The Morgan fingerprint density at radius 2 is 2.40 bits per heavy atom. The molecule has 1 aliphatic heterocycles. The lowest BCUT2D eigenvalue weighted by Gasteiger charge is -2.14. The van der Waals surface area contributed by atoms with Crippen molar-refractivity contribution < 1.29 is 14.6 Å². The van der Waals surface area contributed by atoms with Crippen LogP contribution in [0.5, 0.6) is 5.75 Å². The number of carbonyl (C=O) groups is 1. The topological polar surface area (TPSA) is 46.5 Å². The van der Waals surface area contributed by atoms with Crippen molar-refractivity contribution in [3.8, 4) is 5.75 Å². The maximum atomic E-state index is 10.8. The molecule has 0 radical (unpaired) electrons. The molecule has 2 rings (SSSR count). The van der Waals surface area contributed by atoms with Gasteiger partial charge in [0, 0.05) is 10.9 Å². The van der Waals surface area contributed by atoms with Gasteiger partial charge in [0.15, 0.2) is 0 Å². The molecule has 0 saturated heterocycles. The van der Waals surface area contributed by atoms with Crippen LogP contribution in [0.4, 0.5) is 0 Å². The lowest BCUT2D eigenvalue weighted by Crippen LogP contribution is -2.29. The van der Waals surface area contributed by atoms with Crippen LogP contribution in [0.25, 0.3) is 0 Å². The van der Waals surface area contributed by atoms with E-state index in [4.69, 9.17) is 9.84 Å². The second kappa shape index (κ2) is 3.85.